The van der Waals surface area contributed by atoms with Crippen LogP contribution >= 0.6 is 0 Å². The minimum atomic E-state index is -1.07. The standard InChI is InChI=1S/C15H15N5O2/c1-9(20-8-13(15(21)22)17-18-20)11-4-5-14-16-12(10-2-3-10)7-19(14)6-11/h4-10H,2-3H2,1H3,(H,21,22). The maximum absolute atomic E-state index is 10.9. The predicted octanol–water partition coefficient (Wildman–Crippen LogP) is 2.11. The highest BCUT2D eigenvalue weighted by Crippen LogP contribution is 2.39. The number of hydrogen-bond donors (Lipinski definition) is 1. The highest BCUT2D eigenvalue weighted by Gasteiger charge is 2.26. The molecule has 0 aliphatic heterocycles. The van der Waals surface area contributed by atoms with E-state index in [-0.39, 0.29) is 11.7 Å². The number of nitrogens with zero attached hydrogens (tertiary/aromatic N) is 5. The summed E-state index contributed by atoms with van der Waals surface area (Å²) in [5.41, 5.74) is 3.06. The van der Waals surface area contributed by atoms with Crippen LogP contribution in [0.4, 0.5) is 0 Å². The monoisotopic (exact) mass is 297 g/mol. The quantitative estimate of drug-likeness (QED) is 0.797. The number of rotatable bonds is 4. The Hall–Kier alpha value is -2.70. The molecule has 3 aromatic rings. The number of aromatic carboxylic acids is 1. The van der Waals surface area contributed by atoms with Crippen molar-refractivity contribution in [3.63, 3.8) is 0 Å². The SMILES string of the molecule is CC(c1ccc2nc(C3CC3)cn2c1)n1cc(C(=O)O)nn1. The molecule has 1 aliphatic rings. The first-order chi connectivity index (χ1) is 10.6. The smallest absolute Gasteiger partial charge is 0.358 e. The summed E-state index contributed by atoms with van der Waals surface area (Å²) in [6.07, 6.45) is 7.99. The van der Waals surface area contributed by atoms with Gasteiger partial charge in [0, 0.05) is 18.3 Å². The fourth-order valence-corrected chi connectivity index (χ4v) is 2.57. The Labute approximate surface area is 126 Å². The van der Waals surface area contributed by atoms with Gasteiger partial charge in [0.15, 0.2) is 5.69 Å². The van der Waals surface area contributed by atoms with Gasteiger partial charge in [-0.1, -0.05) is 11.3 Å². The summed E-state index contributed by atoms with van der Waals surface area (Å²) in [5.74, 6) is -0.452. The lowest BCUT2D eigenvalue weighted by Crippen LogP contribution is -2.08. The van der Waals surface area contributed by atoms with Gasteiger partial charge in [-0.2, -0.15) is 0 Å². The molecule has 0 spiro atoms. The lowest BCUT2D eigenvalue weighted by Gasteiger charge is -2.11. The van der Waals surface area contributed by atoms with Gasteiger partial charge >= 0.3 is 5.97 Å². The first kappa shape index (κ1) is 13.0. The zero-order valence-electron chi connectivity index (χ0n) is 12.0. The molecule has 1 fully saturated rings. The van der Waals surface area contributed by atoms with E-state index in [4.69, 9.17) is 5.11 Å². The Morgan fingerprint density at radius 2 is 2.14 bits per heavy atom. The largest absolute Gasteiger partial charge is 0.476 e. The summed E-state index contributed by atoms with van der Waals surface area (Å²) < 4.78 is 3.58. The van der Waals surface area contributed by atoms with Crippen molar-refractivity contribution in [1.29, 1.82) is 0 Å². The number of pyridine rings is 1. The van der Waals surface area contributed by atoms with Gasteiger partial charge in [0.2, 0.25) is 0 Å². The van der Waals surface area contributed by atoms with E-state index in [1.807, 2.05) is 29.7 Å². The molecule has 0 bridgehead atoms. The van der Waals surface area contributed by atoms with E-state index in [1.165, 1.54) is 19.0 Å². The first-order valence-corrected chi connectivity index (χ1v) is 7.25. The van der Waals surface area contributed by atoms with E-state index in [0.29, 0.717) is 5.92 Å². The van der Waals surface area contributed by atoms with E-state index in [1.54, 1.807) is 4.68 Å². The Kier molecular flexibility index (Phi) is 2.75. The topological polar surface area (TPSA) is 85.3 Å². The second kappa shape index (κ2) is 4.66. The maximum atomic E-state index is 10.9. The third-order valence-corrected chi connectivity index (χ3v) is 4.10. The fraction of sp³-hybridized carbons (Fsp3) is 0.333. The van der Waals surface area contributed by atoms with Gasteiger partial charge < -0.3 is 9.51 Å². The molecule has 3 aromatic heterocycles. The minimum Gasteiger partial charge on any atom is -0.476 e. The van der Waals surface area contributed by atoms with Gasteiger partial charge in [-0.15, -0.1) is 5.10 Å². The summed E-state index contributed by atoms with van der Waals surface area (Å²) in [5, 5.41) is 16.5. The van der Waals surface area contributed by atoms with Crippen molar-refractivity contribution in [3.05, 3.63) is 47.7 Å². The molecule has 1 aliphatic carbocycles. The molecule has 7 nitrogen and oxygen atoms in total. The Morgan fingerprint density at radius 1 is 1.32 bits per heavy atom. The molecule has 4 rings (SSSR count). The number of carbonyl (C=O) groups is 1. The molecule has 22 heavy (non-hydrogen) atoms. The molecule has 112 valence electrons. The number of aromatic nitrogens is 5. The lowest BCUT2D eigenvalue weighted by molar-refractivity contribution is 0.0690. The zero-order chi connectivity index (χ0) is 15.3. The molecule has 0 saturated heterocycles. The zero-order valence-corrected chi connectivity index (χ0v) is 12.0. The number of carboxylic acids is 1. The van der Waals surface area contributed by atoms with Crippen LogP contribution in [0.3, 0.4) is 0 Å². The number of carboxylic acid groups (broad SMARTS) is 1. The average Bonchev–Trinajstić information content (AvgIpc) is 3.09. The van der Waals surface area contributed by atoms with Crippen LogP contribution in [0.5, 0.6) is 0 Å². The highest BCUT2D eigenvalue weighted by molar-refractivity contribution is 5.84. The van der Waals surface area contributed by atoms with Gasteiger partial charge in [-0.05, 0) is 31.4 Å². The number of imidazole rings is 1. The van der Waals surface area contributed by atoms with E-state index >= 15 is 0 Å². The summed E-state index contributed by atoms with van der Waals surface area (Å²) in [4.78, 5) is 15.5. The van der Waals surface area contributed by atoms with E-state index in [2.05, 4.69) is 21.5 Å². The Bertz CT molecular complexity index is 862. The van der Waals surface area contributed by atoms with Crippen LogP contribution in [0, 0.1) is 0 Å². The van der Waals surface area contributed by atoms with Crippen LogP contribution in [0.25, 0.3) is 5.65 Å². The molecule has 0 amide bonds. The van der Waals surface area contributed by atoms with Gasteiger partial charge in [-0.25, -0.2) is 14.5 Å². The van der Waals surface area contributed by atoms with Gasteiger partial charge in [0.1, 0.15) is 5.65 Å². The third kappa shape index (κ3) is 2.14. The molecule has 3 heterocycles. The molecular weight excluding hydrogens is 282 g/mol. The van der Waals surface area contributed by atoms with E-state index in [0.717, 1.165) is 16.9 Å². The fourth-order valence-electron chi connectivity index (χ4n) is 2.57. The summed E-state index contributed by atoms with van der Waals surface area (Å²) in [6.45, 7) is 1.96. The van der Waals surface area contributed by atoms with Crippen LogP contribution in [0.2, 0.25) is 0 Å². The van der Waals surface area contributed by atoms with Crippen molar-refractivity contribution in [2.24, 2.45) is 0 Å². The normalized spacial score (nSPS) is 16.0. The molecule has 7 heteroatoms. The van der Waals surface area contributed by atoms with Crippen molar-refractivity contribution in [2.75, 3.05) is 0 Å². The summed E-state index contributed by atoms with van der Waals surface area (Å²) in [6, 6.07) is 3.87. The summed E-state index contributed by atoms with van der Waals surface area (Å²) in [7, 11) is 0. The number of fused-ring (bicyclic) bond motifs is 1. The predicted molar refractivity (Wildman–Crippen MR) is 78.0 cm³/mol. The molecule has 1 saturated carbocycles. The second-order valence-corrected chi connectivity index (χ2v) is 5.73. The third-order valence-electron chi connectivity index (χ3n) is 4.10. The van der Waals surface area contributed by atoms with Crippen molar-refractivity contribution >= 4 is 11.6 Å². The first-order valence-electron chi connectivity index (χ1n) is 7.25. The molecule has 1 N–H and O–H groups in total. The van der Waals surface area contributed by atoms with Crippen molar-refractivity contribution < 1.29 is 9.90 Å². The second-order valence-electron chi connectivity index (χ2n) is 5.73. The van der Waals surface area contributed by atoms with Crippen molar-refractivity contribution in [2.45, 2.75) is 31.7 Å². The Balaban J connectivity index is 1.67. The van der Waals surface area contributed by atoms with Crippen molar-refractivity contribution in [1.82, 2.24) is 24.4 Å². The van der Waals surface area contributed by atoms with Crippen LogP contribution in [-0.2, 0) is 0 Å². The van der Waals surface area contributed by atoms with Gasteiger partial charge in [0.05, 0.1) is 17.9 Å². The molecule has 1 atom stereocenters. The van der Waals surface area contributed by atoms with Crippen LogP contribution in [0.15, 0.2) is 30.7 Å². The van der Waals surface area contributed by atoms with E-state index in [9.17, 15) is 4.79 Å². The lowest BCUT2D eigenvalue weighted by atomic mass is 10.1. The molecule has 1 unspecified atom stereocenters. The minimum absolute atomic E-state index is 0.0495. The van der Waals surface area contributed by atoms with Crippen molar-refractivity contribution in [3.8, 4) is 0 Å². The molecule has 0 aromatic carbocycles. The van der Waals surface area contributed by atoms with Crippen LogP contribution in [0.1, 0.15) is 53.5 Å². The highest BCUT2D eigenvalue weighted by atomic mass is 16.4. The average molecular weight is 297 g/mol. The van der Waals surface area contributed by atoms with Crippen LogP contribution < -0.4 is 0 Å². The molecule has 0 radical (unpaired) electrons. The van der Waals surface area contributed by atoms with Gasteiger partial charge in [0.25, 0.3) is 0 Å². The maximum Gasteiger partial charge on any atom is 0.358 e. The Morgan fingerprint density at radius 3 is 2.82 bits per heavy atom. The summed E-state index contributed by atoms with van der Waals surface area (Å²) >= 11 is 0. The van der Waals surface area contributed by atoms with E-state index < -0.39 is 5.97 Å². The number of hydrogen-bond acceptors (Lipinski definition) is 4. The van der Waals surface area contributed by atoms with Gasteiger partial charge in [-0.3, -0.25) is 0 Å². The van der Waals surface area contributed by atoms with Crippen LogP contribution in [-0.4, -0.2) is 35.5 Å². The molecular formula is C15H15N5O2.